The summed E-state index contributed by atoms with van der Waals surface area (Å²) in [6.45, 7) is 4.96. The highest BCUT2D eigenvalue weighted by molar-refractivity contribution is 7.86. The van der Waals surface area contributed by atoms with Crippen LogP contribution < -0.4 is 21.3 Å². The van der Waals surface area contributed by atoms with Crippen LogP contribution in [0.25, 0.3) is 11.0 Å². The second kappa shape index (κ2) is 14.9. The number of imidazole rings is 1. The number of nitrogens with one attached hydrogen (secondary N) is 3. The van der Waals surface area contributed by atoms with Crippen molar-refractivity contribution in [3.8, 4) is 0 Å². The number of rotatable bonds is 17. The molecule has 0 fully saturated rings. The third-order valence-electron chi connectivity index (χ3n) is 5.44. The summed E-state index contributed by atoms with van der Waals surface area (Å²) in [7, 11) is -5.42. The number of aliphatic carboxylic acids is 1. The third-order valence-corrected chi connectivity index (χ3v) is 6.63. The average Bonchev–Trinajstić information content (AvgIpc) is 3.14. The summed E-state index contributed by atoms with van der Waals surface area (Å²) in [5.74, 6) is -0.474. The lowest BCUT2D eigenvalue weighted by Gasteiger charge is -2.26. The number of hydrazine groups is 2. The molecule has 0 radical (unpaired) electrons. The normalized spacial score (nSPS) is 13.2. The number of nitrogens with zero attached hydrogens (tertiary/aromatic N) is 3. The zero-order valence-corrected chi connectivity index (χ0v) is 26.2. The molecule has 0 saturated heterocycles. The van der Waals surface area contributed by atoms with Crippen LogP contribution in [0.3, 0.4) is 0 Å². The van der Waals surface area contributed by atoms with Gasteiger partial charge in [-0.1, -0.05) is 0 Å². The molecule has 1 unspecified atom stereocenters. The fourth-order valence-electron chi connectivity index (χ4n) is 3.71. The van der Waals surface area contributed by atoms with Crippen molar-refractivity contribution in [3.05, 3.63) is 24.0 Å². The molecule has 1 amide bonds. The number of aryl methyl sites for hydroxylation is 2. The van der Waals surface area contributed by atoms with Gasteiger partial charge in [0.05, 0.1) is 42.4 Å². The average molecular weight is 637 g/mol. The van der Waals surface area contributed by atoms with Gasteiger partial charge in [-0.25, -0.2) is 30.5 Å². The van der Waals surface area contributed by atoms with Gasteiger partial charge in [0.2, 0.25) is 0 Å². The van der Waals surface area contributed by atoms with Gasteiger partial charge in [0.15, 0.2) is 0 Å². The molecule has 42 heavy (non-hydrogen) atoms. The van der Waals surface area contributed by atoms with Gasteiger partial charge < -0.3 is 19.7 Å². The zero-order chi connectivity index (χ0) is 31.7. The lowest BCUT2D eigenvalue weighted by Crippen LogP contribution is -2.50. The van der Waals surface area contributed by atoms with Crippen molar-refractivity contribution < 1.29 is 44.6 Å². The molecule has 0 aliphatic carbocycles. The van der Waals surface area contributed by atoms with Crippen LogP contribution in [-0.4, -0.2) is 94.0 Å². The quantitative estimate of drug-likeness (QED) is 0.107. The van der Waals surface area contributed by atoms with Crippen LogP contribution in [0.4, 0.5) is 10.5 Å². The van der Waals surface area contributed by atoms with Crippen molar-refractivity contribution in [1.29, 1.82) is 0 Å². The van der Waals surface area contributed by atoms with Crippen LogP contribution in [-0.2, 0) is 51.6 Å². The Morgan fingerprint density at radius 1 is 1.05 bits per heavy atom. The number of benzene rings is 1. The maximum atomic E-state index is 12.0. The van der Waals surface area contributed by atoms with E-state index >= 15 is 0 Å². The summed E-state index contributed by atoms with van der Waals surface area (Å²) in [5, 5.41) is 13.4. The molecule has 1 heterocycles. The van der Waals surface area contributed by atoms with Crippen LogP contribution >= 0.6 is 0 Å². The largest absolute Gasteiger partial charge is 0.480 e. The summed E-state index contributed by atoms with van der Waals surface area (Å²) in [5.41, 5.74) is 7.20. The van der Waals surface area contributed by atoms with E-state index in [-0.39, 0.29) is 32.7 Å². The number of fused-ring (bicyclic) bond motifs is 1. The Kier molecular flexibility index (Phi) is 12.5. The summed E-state index contributed by atoms with van der Waals surface area (Å²) in [6, 6.07) is 4.23. The second-order valence-corrected chi connectivity index (χ2v) is 13.7. The van der Waals surface area contributed by atoms with Gasteiger partial charge in [-0.15, -0.1) is 0 Å². The van der Waals surface area contributed by atoms with Crippen molar-refractivity contribution in [1.82, 2.24) is 25.7 Å². The fourth-order valence-corrected chi connectivity index (χ4v) is 4.48. The first kappa shape index (κ1) is 35.2. The van der Waals surface area contributed by atoms with Crippen molar-refractivity contribution in [2.45, 2.75) is 51.7 Å². The molecule has 0 aliphatic rings. The zero-order valence-electron chi connectivity index (χ0n) is 24.5. The van der Waals surface area contributed by atoms with Gasteiger partial charge in [-0.05, 0) is 51.8 Å². The van der Waals surface area contributed by atoms with Gasteiger partial charge in [0.25, 0.3) is 20.2 Å². The lowest BCUT2D eigenvalue weighted by molar-refractivity contribution is -0.139. The highest BCUT2D eigenvalue weighted by atomic mass is 32.2. The van der Waals surface area contributed by atoms with Crippen LogP contribution in [0.1, 0.15) is 39.4 Å². The molecule has 0 spiro atoms. The number of ether oxygens (including phenoxy) is 1. The van der Waals surface area contributed by atoms with Crippen LogP contribution in [0.2, 0.25) is 0 Å². The number of hydrogen-bond acceptors (Lipinski definition) is 13. The molecular weight excluding hydrogens is 596 g/mol. The van der Waals surface area contributed by atoms with Crippen molar-refractivity contribution >= 4 is 49.0 Å². The SMILES string of the molecule is Cn1c(CCCC(NC(=O)OC(C)(C)C)C(=O)O)nc2cc(N(NCCOS(C)(=O)=O)NCCOS(C)(=O)=O)ccc21. The number of amides is 1. The van der Waals surface area contributed by atoms with E-state index in [1.807, 2.05) is 17.7 Å². The number of hydrogen-bond donors (Lipinski definition) is 4. The maximum Gasteiger partial charge on any atom is 0.408 e. The molecule has 0 aliphatic heterocycles. The molecule has 1 aromatic heterocycles. The number of carboxylic acid groups (broad SMARTS) is 1. The van der Waals surface area contributed by atoms with Gasteiger partial charge in [-0.3, -0.25) is 8.37 Å². The topological polar surface area (TPSA) is 207 Å². The van der Waals surface area contributed by atoms with Gasteiger partial charge >= 0.3 is 12.1 Å². The van der Waals surface area contributed by atoms with E-state index in [2.05, 4.69) is 21.2 Å². The molecule has 2 rings (SSSR count). The number of carbonyl (C=O) groups excluding carboxylic acids is 1. The lowest BCUT2D eigenvalue weighted by atomic mass is 10.1. The van der Waals surface area contributed by atoms with E-state index in [4.69, 9.17) is 13.1 Å². The standard InChI is InChI=1S/C24H40N6O10S2/c1-24(2,3)40-23(33)28-18(22(31)32)8-7-9-21-27-19-16-17(10-11-20(19)29(21)4)30(25-12-14-38-41(5,34)35)26-13-15-39-42(6,36)37/h10-11,16,18,25-26H,7-9,12-15H2,1-6H3,(H,28,33)(H,31,32). The number of aromatic nitrogens is 2. The molecule has 16 nitrogen and oxygen atoms in total. The minimum atomic E-state index is -3.62. The van der Waals surface area contributed by atoms with Crippen LogP contribution in [0.15, 0.2) is 18.2 Å². The molecular formula is C24H40N6O10S2. The first-order valence-corrected chi connectivity index (χ1v) is 16.6. The molecule has 0 saturated carbocycles. The minimum absolute atomic E-state index is 0.0978. The smallest absolute Gasteiger partial charge is 0.408 e. The van der Waals surface area contributed by atoms with E-state index in [9.17, 15) is 31.5 Å². The van der Waals surface area contributed by atoms with Gasteiger partial charge in [0, 0.05) is 26.6 Å². The monoisotopic (exact) mass is 636 g/mol. The second-order valence-electron chi connectivity index (χ2n) is 10.4. The summed E-state index contributed by atoms with van der Waals surface area (Å²) in [4.78, 5) is 28.4. The van der Waals surface area contributed by atoms with E-state index < -0.39 is 43.9 Å². The highest BCUT2D eigenvalue weighted by Gasteiger charge is 2.24. The molecule has 0 bridgehead atoms. The molecule has 238 valence electrons. The van der Waals surface area contributed by atoms with E-state index in [0.717, 1.165) is 18.0 Å². The molecule has 4 N–H and O–H groups in total. The first-order chi connectivity index (χ1) is 19.3. The minimum Gasteiger partial charge on any atom is -0.480 e. The number of anilines is 1. The Labute approximate surface area is 245 Å². The fraction of sp³-hybridized carbons (Fsp3) is 0.625. The Morgan fingerprint density at radius 2 is 1.62 bits per heavy atom. The highest BCUT2D eigenvalue weighted by Crippen LogP contribution is 2.22. The van der Waals surface area contributed by atoms with Crippen molar-refractivity contribution in [2.75, 3.05) is 43.9 Å². The molecule has 1 aromatic carbocycles. The van der Waals surface area contributed by atoms with Crippen molar-refractivity contribution in [2.24, 2.45) is 7.05 Å². The van der Waals surface area contributed by atoms with Gasteiger partial charge in [0.1, 0.15) is 17.5 Å². The summed E-state index contributed by atoms with van der Waals surface area (Å²) >= 11 is 0. The number of carbonyl (C=O) groups is 2. The first-order valence-electron chi connectivity index (χ1n) is 13.0. The summed E-state index contributed by atoms with van der Waals surface area (Å²) < 4.78 is 61.6. The van der Waals surface area contributed by atoms with Crippen LogP contribution in [0.5, 0.6) is 0 Å². The summed E-state index contributed by atoms with van der Waals surface area (Å²) in [6.07, 6.45) is 2.10. The van der Waals surface area contributed by atoms with Crippen LogP contribution in [0, 0.1) is 0 Å². The Balaban J connectivity index is 2.12. The van der Waals surface area contributed by atoms with Gasteiger partial charge in [-0.2, -0.15) is 16.8 Å². The predicted octanol–water partition coefficient (Wildman–Crippen LogP) is 0.642. The predicted molar refractivity (Wildman–Crippen MR) is 155 cm³/mol. The molecule has 1 atom stereocenters. The Hall–Kier alpha value is -3.03. The molecule has 2 aromatic rings. The Morgan fingerprint density at radius 3 is 2.12 bits per heavy atom. The van der Waals surface area contributed by atoms with Crippen molar-refractivity contribution in [3.63, 3.8) is 0 Å². The molecule has 18 heteroatoms. The van der Waals surface area contributed by atoms with E-state index in [1.165, 1.54) is 5.12 Å². The number of alkyl carbamates (subject to hydrolysis) is 1. The number of carboxylic acids is 1. The maximum absolute atomic E-state index is 12.0. The third kappa shape index (κ3) is 12.9. The van der Waals surface area contributed by atoms with E-state index in [1.54, 1.807) is 32.9 Å². The van der Waals surface area contributed by atoms with E-state index in [0.29, 0.717) is 29.9 Å². The Bertz CT molecular complexity index is 1400.